The second kappa shape index (κ2) is 8.82. The Bertz CT molecular complexity index is 1030. The third-order valence-electron chi connectivity index (χ3n) is 4.70. The number of aromatic carboxylic acids is 1. The van der Waals surface area contributed by atoms with Gasteiger partial charge >= 0.3 is 24.6 Å². The summed E-state index contributed by atoms with van der Waals surface area (Å²) in [5.41, 5.74) is 1.25. The van der Waals surface area contributed by atoms with Gasteiger partial charge in [-0.15, -0.1) is 0 Å². The van der Waals surface area contributed by atoms with Crippen LogP contribution in [0.3, 0.4) is 0 Å². The van der Waals surface area contributed by atoms with Gasteiger partial charge in [-0.25, -0.2) is 14.4 Å². The van der Waals surface area contributed by atoms with Crippen molar-refractivity contribution in [2.24, 2.45) is 0 Å². The molecule has 0 saturated heterocycles. The molecule has 0 spiro atoms. The van der Waals surface area contributed by atoms with Gasteiger partial charge in [-0.2, -0.15) is 8.78 Å². The number of hydrogen-bond acceptors (Lipinski definition) is 5. The summed E-state index contributed by atoms with van der Waals surface area (Å²) in [7, 11) is 1.20. The number of alkyl halides is 2. The first-order valence-electron chi connectivity index (χ1n) is 9.00. The number of hydrogen-bond donors (Lipinski definition) is 2. The highest BCUT2D eigenvalue weighted by Crippen LogP contribution is 2.34. The maximum absolute atomic E-state index is 12.9. The number of carbonyl (C=O) groups excluding carboxylic acids is 2. The van der Waals surface area contributed by atoms with Crippen molar-refractivity contribution in [1.29, 1.82) is 0 Å². The first-order valence-corrected chi connectivity index (χ1v) is 9.00. The van der Waals surface area contributed by atoms with E-state index in [1.165, 1.54) is 60.5 Å². The van der Waals surface area contributed by atoms with Crippen LogP contribution < -0.4 is 15.0 Å². The average Bonchev–Trinajstić information content (AvgIpc) is 2.73. The van der Waals surface area contributed by atoms with Gasteiger partial charge in [-0.05, 0) is 48.9 Å². The van der Waals surface area contributed by atoms with Crippen LogP contribution in [0.2, 0.25) is 0 Å². The number of nitrogens with zero attached hydrogens (tertiary/aromatic N) is 1. The number of allylic oxidation sites excluding steroid dienone is 1. The standard InChI is InChI=1S/C21H18F2N2O6/c1-11-16(19(28)30-2)17(12-5-9-15(10-6-12)31-20(22)23)24-21(29)25(11)14-7-3-13(4-8-14)18(26)27/h3-10,17,20H,1-2H3,(H,24,29)(H,26,27)/t17-/m1/s1. The first-order chi connectivity index (χ1) is 14.7. The van der Waals surface area contributed by atoms with E-state index in [1.807, 2.05) is 0 Å². The monoisotopic (exact) mass is 432 g/mol. The molecule has 2 aromatic carbocycles. The molecule has 0 bridgehead atoms. The molecular weight excluding hydrogens is 414 g/mol. The van der Waals surface area contributed by atoms with E-state index in [4.69, 9.17) is 9.84 Å². The van der Waals surface area contributed by atoms with Crippen LogP contribution >= 0.6 is 0 Å². The molecular formula is C21H18F2N2O6. The molecule has 0 unspecified atom stereocenters. The molecule has 2 aromatic rings. The normalized spacial score (nSPS) is 16.2. The molecule has 31 heavy (non-hydrogen) atoms. The van der Waals surface area contributed by atoms with Gasteiger partial charge < -0.3 is 19.9 Å². The summed E-state index contributed by atoms with van der Waals surface area (Å²) < 4.78 is 34.0. The largest absolute Gasteiger partial charge is 0.478 e. The fourth-order valence-electron chi connectivity index (χ4n) is 3.27. The van der Waals surface area contributed by atoms with Gasteiger partial charge in [0.05, 0.1) is 30.0 Å². The van der Waals surface area contributed by atoms with Gasteiger partial charge in [0.25, 0.3) is 0 Å². The van der Waals surface area contributed by atoms with Gasteiger partial charge in [0.1, 0.15) is 5.75 Å². The number of carboxylic acid groups (broad SMARTS) is 1. The van der Waals surface area contributed by atoms with Crippen LogP contribution in [-0.4, -0.2) is 36.8 Å². The zero-order chi connectivity index (χ0) is 22.7. The Hall–Kier alpha value is -3.95. The minimum atomic E-state index is -2.98. The summed E-state index contributed by atoms with van der Waals surface area (Å²) in [5.74, 6) is -1.87. The predicted molar refractivity (Wildman–Crippen MR) is 105 cm³/mol. The number of anilines is 1. The van der Waals surface area contributed by atoms with Crippen molar-refractivity contribution in [1.82, 2.24) is 5.32 Å². The summed E-state index contributed by atoms with van der Waals surface area (Å²) >= 11 is 0. The average molecular weight is 432 g/mol. The summed E-state index contributed by atoms with van der Waals surface area (Å²) in [5, 5.41) is 11.7. The molecule has 8 nitrogen and oxygen atoms in total. The zero-order valence-electron chi connectivity index (χ0n) is 16.5. The van der Waals surface area contributed by atoms with E-state index in [2.05, 4.69) is 10.1 Å². The highest BCUT2D eigenvalue weighted by atomic mass is 19.3. The molecule has 2 amide bonds. The van der Waals surface area contributed by atoms with Crippen LogP contribution in [-0.2, 0) is 9.53 Å². The van der Waals surface area contributed by atoms with Crippen LogP contribution in [0.5, 0.6) is 5.75 Å². The molecule has 0 fully saturated rings. The fraction of sp³-hybridized carbons (Fsp3) is 0.190. The number of methoxy groups -OCH3 is 1. The van der Waals surface area contributed by atoms with Gasteiger partial charge in [-0.3, -0.25) is 4.90 Å². The Morgan fingerprint density at radius 2 is 1.71 bits per heavy atom. The smallest absolute Gasteiger partial charge is 0.387 e. The fourth-order valence-corrected chi connectivity index (χ4v) is 3.27. The highest BCUT2D eigenvalue weighted by Gasteiger charge is 2.37. The molecule has 3 rings (SSSR count). The number of nitrogens with one attached hydrogen (secondary N) is 1. The molecule has 0 saturated carbocycles. The summed E-state index contributed by atoms with van der Waals surface area (Å²) in [6.45, 7) is -1.42. The second-order valence-corrected chi connectivity index (χ2v) is 6.51. The quantitative estimate of drug-likeness (QED) is 0.675. The molecule has 1 atom stereocenters. The SMILES string of the molecule is COC(=O)C1=C(C)N(c2ccc(C(=O)O)cc2)C(=O)N[C@@H]1c1ccc(OC(F)F)cc1. The van der Waals surface area contributed by atoms with E-state index in [9.17, 15) is 23.2 Å². The van der Waals surface area contributed by atoms with Crippen molar-refractivity contribution in [3.63, 3.8) is 0 Å². The third-order valence-corrected chi connectivity index (χ3v) is 4.70. The van der Waals surface area contributed by atoms with E-state index in [1.54, 1.807) is 6.92 Å². The predicted octanol–water partition coefficient (Wildman–Crippen LogP) is 3.70. The lowest BCUT2D eigenvalue weighted by atomic mass is 9.94. The Kier molecular flexibility index (Phi) is 6.19. The van der Waals surface area contributed by atoms with Crippen molar-refractivity contribution < 1.29 is 37.7 Å². The third kappa shape index (κ3) is 4.47. The Balaban J connectivity index is 2.02. The molecule has 0 aromatic heterocycles. The molecule has 0 aliphatic carbocycles. The molecule has 1 aliphatic rings. The number of esters is 1. The van der Waals surface area contributed by atoms with E-state index in [-0.39, 0.29) is 22.6 Å². The van der Waals surface area contributed by atoms with Gasteiger partial charge in [0.2, 0.25) is 0 Å². The molecule has 1 heterocycles. The first kappa shape index (κ1) is 21.8. The summed E-state index contributed by atoms with van der Waals surface area (Å²) in [6, 6.07) is 9.61. The van der Waals surface area contributed by atoms with Crippen LogP contribution in [0.25, 0.3) is 0 Å². The minimum absolute atomic E-state index is 0.0416. The number of rotatable bonds is 6. The maximum atomic E-state index is 12.9. The maximum Gasteiger partial charge on any atom is 0.387 e. The van der Waals surface area contributed by atoms with E-state index in [0.717, 1.165) is 0 Å². The van der Waals surface area contributed by atoms with Crippen LogP contribution in [0.1, 0.15) is 28.9 Å². The number of urea groups is 1. The van der Waals surface area contributed by atoms with Crippen LogP contribution in [0.15, 0.2) is 59.8 Å². The minimum Gasteiger partial charge on any atom is -0.478 e. The summed E-state index contributed by atoms with van der Waals surface area (Å²) in [6.07, 6.45) is 0. The highest BCUT2D eigenvalue weighted by molar-refractivity contribution is 6.03. The van der Waals surface area contributed by atoms with Crippen molar-refractivity contribution in [3.05, 3.63) is 70.9 Å². The molecule has 10 heteroatoms. The van der Waals surface area contributed by atoms with Crippen molar-refractivity contribution in [2.45, 2.75) is 19.6 Å². The lowest BCUT2D eigenvalue weighted by Crippen LogP contribution is -2.48. The number of benzene rings is 2. The number of carboxylic acids is 1. The van der Waals surface area contributed by atoms with Gasteiger partial charge in [0.15, 0.2) is 0 Å². The Labute approximate surface area is 175 Å². The second-order valence-electron chi connectivity index (χ2n) is 6.51. The lowest BCUT2D eigenvalue weighted by Gasteiger charge is -2.35. The molecule has 0 radical (unpaired) electrons. The number of amides is 2. The van der Waals surface area contributed by atoms with E-state index in [0.29, 0.717) is 11.3 Å². The number of carbonyl (C=O) groups is 3. The van der Waals surface area contributed by atoms with Crippen LogP contribution in [0, 0.1) is 0 Å². The number of halogens is 2. The molecule has 2 N–H and O–H groups in total. The van der Waals surface area contributed by atoms with Crippen LogP contribution in [0.4, 0.5) is 19.3 Å². The van der Waals surface area contributed by atoms with Gasteiger partial charge in [-0.1, -0.05) is 12.1 Å². The van der Waals surface area contributed by atoms with Gasteiger partial charge in [0, 0.05) is 5.70 Å². The van der Waals surface area contributed by atoms with Crippen molar-refractivity contribution in [3.8, 4) is 5.75 Å². The Morgan fingerprint density at radius 3 is 2.23 bits per heavy atom. The van der Waals surface area contributed by atoms with Crippen molar-refractivity contribution in [2.75, 3.05) is 12.0 Å². The Morgan fingerprint density at radius 1 is 1.10 bits per heavy atom. The topological polar surface area (TPSA) is 105 Å². The van der Waals surface area contributed by atoms with E-state index < -0.39 is 30.6 Å². The molecule has 1 aliphatic heterocycles. The van der Waals surface area contributed by atoms with Crippen molar-refractivity contribution >= 4 is 23.7 Å². The lowest BCUT2D eigenvalue weighted by molar-refractivity contribution is -0.136. The zero-order valence-corrected chi connectivity index (χ0v) is 16.5. The number of ether oxygens (including phenoxy) is 2. The van der Waals surface area contributed by atoms with E-state index >= 15 is 0 Å². The molecule has 162 valence electrons. The summed E-state index contributed by atoms with van der Waals surface area (Å²) in [4.78, 5) is 37.7.